The van der Waals surface area contributed by atoms with Gasteiger partial charge in [0.05, 0.1) is 21.2 Å². The molecular weight excluding hydrogens is 414 g/mol. The number of rotatable bonds is 4. The van der Waals surface area contributed by atoms with Gasteiger partial charge in [-0.05, 0) is 54.2 Å². The summed E-state index contributed by atoms with van der Waals surface area (Å²) < 4.78 is 1.71. The number of halogens is 1. The Kier molecular flexibility index (Phi) is 4.96. The molecule has 144 valence electrons. The van der Waals surface area contributed by atoms with Gasteiger partial charge in [0.2, 0.25) is 0 Å². The van der Waals surface area contributed by atoms with Crippen molar-refractivity contribution in [3.63, 3.8) is 0 Å². The van der Waals surface area contributed by atoms with Crippen LogP contribution in [0.2, 0.25) is 5.02 Å². The second-order valence-corrected chi connectivity index (χ2v) is 7.51. The molecule has 3 aromatic rings. The van der Waals surface area contributed by atoms with Crippen LogP contribution in [0, 0.1) is 10.1 Å². The predicted octanol–water partition coefficient (Wildman–Crippen LogP) is 5.28. The lowest BCUT2D eigenvalue weighted by molar-refractivity contribution is -0.384. The number of thioether (sulfide) groups is 1. The zero-order chi connectivity index (χ0) is 20.5. The smallest absolute Gasteiger partial charge is 0.298 e. The number of hydrogen-bond acceptors (Lipinski definition) is 5. The van der Waals surface area contributed by atoms with Gasteiger partial charge in [-0.25, -0.2) is 4.90 Å². The monoisotopic (exact) mass is 425 g/mol. The SMILES string of the molecule is O=C1S/C(=C/c2cccn2-c2cccc([N+](=O)[O-])c2)C(=O)N1c1cccc(Cl)c1. The minimum atomic E-state index is -0.469. The summed E-state index contributed by atoms with van der Waals surface area (Å²) in [5.41, 5.74) is 1.55. The van der Waals surface area contributed by atoms with Crippen LogP contribution in [-0.2, 0) is 4.79 Å². The van der Waals surface area contributed by atoms with Crippen LogP contribution in [0.5, 0.6) is 0 Å². The average molecular weight is 426 g/mol. The quantitative estimate of drug-likeness (QED) is 0.322. The molecule has 1 aliphatic rings. The van der Waals surface area contributed by atoms with E-state index in [4.69, 9.17) is 11.6 Å². The van der Waals surface area contributed by atoms with Crippen molar-refractivity contribution in [1.82, 2.24) is 4.57 Å². The molecular formula is C20H12ClN3O4S. The molecule has 29 heavy (non-hydrogen) atoms. The van der Waals surface area contributed by atoms with E-state index >= 15 is 0 Å². The Balaban J connectivity index is 1.69. The number of carbonyl (C=O) groups is 2. The maximum atomic E-state index is 12.8. The Morgan fingerprint density at radius 1 is 1.00 bits per heavy atom. The Morgan fingerprint density at radius 2 is 1.76 bits per heavy atom. The summed E-state index contributed by atoms with van der Waals surface area (Å²) in [4.78, 5) is 37.1. The first kappa shape index (κ1) is 19.0. The summed E-state index contributed by atoms with van der Waals surface area (Å²) in [5, 5.41) is 11.0. The van der Waals surface area contributed by atoms with Crippen LogP contribution in [0.15, 0.2) is 71.8 Å². The first-order valence-corrected chi connectivity index (χ1v) is 9.59. The zero-order valence-electron chi connectivity index (χ0n) is 14.7. The predicted molar refractivity (Wildman–Crippen MR) is 112 cm³/mol. The standard InChI is InChI=1S/C20H12ClN3O4S/c21-13-4-1-6-16(10-13)23-19(25)18(29-20(23)26)12-15-8-3-9-22(15)14-5-2-7-17(11-14)24(27)28/h1-12H/b18-12+. The molecule has 0 N–H and O–H groups in total. The van der Waals surface area contributed by atoms with Crippen LogP contribution < -0.4 is 4.90 Å². The fourth-order valence-corrected chi connectivity index (χ4v) is 3.95. The van der Waals surface area contributed by atoms with Crippen molar-refractivity contribution in [2.24, 2.45) is 0 Å². The summed E-state index contributed by atoms with van der Waals surface area (Å²) >= 11 is 6.80. The highest BCUT2D eigenvalue weighted by Gasteiger charge is 2.36. The van der Waals surface area contributed by atoms with Gasteiger partial charge in [-0.3, -0.25) is 19.7 Å². The van der Waals surface area contributed by atoms with Crippen molar-refractivity contribution in [3.05, 3.63) is 92.6 Å². The molecule has 0 radical (unpaired) electrons. The zero-order valence-corrected chi connectivity index (χ0v) is 16.3. The van der Waals surface area contributed by atoms with Crippen molar-refractivity contribution < 1.29 is 14.5 Å². The summed E-state index contributed by atoms with van der Waals surface area (Å²) in [6.45, 7) is 0. The number of anilines is 1. The molecule has 2 amide bonds. The lowest BCUT2D eigenvalue weighted by Crippen LogP contribution is -2.27. The third kappa shape index (κ3) is 3.67. The molecule has 1 aliphatic heterocycles. The van der Waals surface area contributed by atoms with Crippen LogP contribution in [-0.4, -0.2) is 20.6 Å². The number of non-ortho nitro benzene ring substituents is 1. The van der Waals surface area contributed by atoms with Gasteiger partial charge in [0.25, 0.3) is 16.8 Å². The van der Waals surface area contributed by atoms with Crippen molar-refractivity contribution in [2.45, 2.75) is 0 Å². The number of benzene rings is 2. The number of carbonyl (C=O) groups excluding carboxylic acids is 2. The molecule has 7 nitrogen and oxygen atoms in total. The average Bonchev–Trinajstić information content (AvgIpc) is 3.26. The Bertz CT molecular complexity index is 1190. The topological polar surface area (TPSA) is 85.5 Å². The van der Waals surface area contributed by atoms with Crippen LogP contribution in [0.3, 0.4) is 0 Å². The molecule has 0 atom stereocenters. The largest absolute Gasteiger partial charge is 0.317 e. The summed E-state index contributed by atoms with van der Waals surface area (Å²) in [7, 11) is 0. The van der Waals surface area contributed by atoms with Crippen LogP contribution in [0.25, 0.3) is 11.8 Å². The van der Waals surface area contributed by atoms with E-state index in [1.54, 1.807) is 65.4 Å². The normalized spacial score (nSPS) is 15.3. The Hall–Kier alpha value is -3.36. The Morgan fingerprint density at radius 3 is 2.52 bits per heavy atom. The number of hydrogen-bond donors (Lipinski definition) is 0. The summed E-state index contributed by atoms with van der Waals surface area (Å²) in [6, 6.07) is 16.2. The fraction of sp³-hybridized carbons (Fsp3) is 0. The van der Waals surface area contributed by atoms with Crippen LogP contribution in [0.4, 0.5) is 16.2 Å². The number of nitro benzene ring substituents is 1. The third-order valence-corrected chi connectivity index (χ3v) is 5.34. The lowest BCUT2D eigenvalue weighted by atomic mass is 10.2. The first-order valence-electron chi connectivity index (χ1n) is 8.40. The van der Waals surface area contributed by atoms with Gasteiger partial charge < -0.3 is 4.57 Å². The van der Waals surface area contributed by atoms with E-state index in [2.05, 4.69) is 0 Å². The second kappa shape index (κ2) is 7.57. The minimum absolute atomic E-state index is 0.0385. The number of imide groups is 1. The molecule has 0 spiro atoms. The van der Waals surface area contributed by atoms with E-state index in [9.17, 15) is 19.7 Å². The number of aromatic nitrogens is 1. The number of amides is 2. The molecule has 2 heterocycles. The molecule has 0 unspecified atom stereocenters. The van der Waals surface area contributed by atoms with Gasteiger partial charge >= 0.3 is 0 Å². The molecule has 1 aromatic heterocycles. The molecule has 1 fully saturated rings. The van der Waals surface area contributed by atoms with Gasteiger partial charge in [-0.2, -0.15) is 0 Å². The maximum absolute atomic E-state index is 12.8. The van der Waals surface area contributed by atoms with Crippen LogP contribution in [0.1, 0.15) is 5.69 Å². The highest BCUT2D eigenvalue weighted by Crippen LogP contribution is 2.36. The van der Waals surface area contributed by atoms with E-state index in [1.165, 1.54) is 12.1 Å². The molecule has 1 saturated heterocycles. The Labute approximate surface area is 174 Å². The molecule has 0 saturated carbocycles. The summed E-state index contributed by atoms with van der Waals surface area (Å²) in [6.07, 6.45) is 3.32. The van der Waals surface area contributed by atoms with Crippen molar-refractivity contribution in [3.8, 4) is 5.69 Å². The first-order chi connectivity index (χ1) is 13.9. The van der Waals surface area contributed by atoms with Crippen molar-refractivity contribution in [1.29, 1.82) is 0 Å². The van der Waals surface area contributed by atoms with Crippen molar-refractivity contribution >= 4 is 52.0 Å². The molecule has 9 heteroatoms. The lowest BCUT2D eigenvalue weighted by Gasteiger charge is -2.12. The molecule has 0 bridgehead atoms. The minimum Gasteiger partial charge on any atom is -0.317 e. The molecule has 4 rings (SSSR count). The van der Waals surface area contributed by atoms with Gasteiger partial charge in [0.15, 0.2) is 0 Å². The highest BCUT2D eigenvalue weighted by molar-refractivity contribution is 8.19. The summed E-state index contributed by atoms with van der Waals surface area (Å²) in [5.74, 6) is -0.450. The number of nitro groups is 1. The van der Waals surface area contributed by atoms with Gasteiger partial charge in [-0.15, -0.1) is 0 Å². The highest BCUT2D eigenvalue weighted by atomic mass is 35.5. The van der Waals surface area contributed by atoms with E-state index in [0.717, 1.165) is 16.7 Å². The van der Waals surface area contributed by atoms with E-state index in [-0.39, 0.29) is 10.6 Å². The van der Waals surface area contributed by atoms with Crippen LogP contribution >= 0.6 is 23.4 Å². The van der Waals surface area contributed by atoms with Crippen molar-refractivity contribution in [2.75, 3.05) is 4.90 Å². The molecule has 2 aromatic carbocycles. The fourth-order valence-electron chi connectivity index (χ4n) is 2.94. The van der Waals surface area contributed by atoms with Gasteiger partial charge in [0.1, 0.15) is 0 Å². The molecule has 0 aliphatic carbocycles. The van der Waals surface area contributed by atoms with Gasteiger partial charge in [-0.1, -0.05) is 23.7 Å². The van der Waals surface area contributed by atoms with E-state index in [1.807, 2.05) is 0 Å². The maximum Gasteiger partial charge on any atom is 0.298 e. The van der Waals surface area contributed by atoms with E-state index in [0.29, 0.717) is 22.1 Å². The second-order valence-electron chi connectivity index (χ2n) is 6.08. The van der Waals surface area contributed by atoms with E-state index < -0.39 is 16.1 Å². The van der Waals surface area contributed by atoms with Gasteiger partial charge in [0, 0.05) is 29.0 Å². The third-order valence-electron chi connectivity index (χ3n) is 4.24. The number of nitrogens with zero attached hydrogens (tertiary/aromatic N) is 3.